The van der Waals surface area contributed by atoms with Crippen molar-refractivity contribution >= 4 is 16.1 Å². The first-order chi connectivity index (χ1) is 11.4. The van der Waals surface area contributed by atoms with Gasteiger partial charge in [-0.25, -0.2) is 5.14 Å². The molecule has 0 bridgehead atoms. The lowest BCUT2D eigenvalue weighted by molar-refractivity contribution is -0.133. The molecule has 132 valence electrons. The van der Waals surface area contributed by atoms with E-state index in [9.17, 15) is 13.2 Å². The third-order valence-corrected chi connectivity index (χ3v) is 5.94. The minimum Gasteiger partial charge on any atom is -0.339 e. The second-order valence-electron chi connectivity index (χ2n) is 6.46. The third kappa shape index (κ3) is 4.13. The smallest absolute Gasteiger partial charge is 0.277 e. The molecule has 1 aromatic rings. The Bertz CT molecular complexity index is 672. The van der Waals surface area contributed by atoms with E-state index < -0.39 is 10.2 Å². The van der Waals surface area contributed by atoms with Crippen LogP contribution in [0.25, 0.3) is 0 Å². The molecule has 1 atom stereocenters. The van der Waals surface area contributed by atoms with Crippen LogP contribution in [-0.4, -0.2) is 74.2 Å². The van der Waals surface area contributed by atoms with Gasteiger partial charge in [-0.3, -0.25) is 9.69 Å². The molecule has 0 aromatic heterocycles. The number of hydrogen-bond acceptors (Lipinski definition) is 4. The molecule has 0 saturated carbocycles. The lowest BCUT2D eigenvalue weighted by atomic mass is 9.99. The zero-order valence-corrected chi connectivity index (χ0v) is 14.5. The minimum absolute atomic E-state index is 0.0674. The van der Waals surface area contributed by atoms with Gasteiger partial charge in [-0.05, 0) is 24.4 Å². The highest BCUT2D eigenvalue weighted by Gasteiger charge is 2.29. The summed E-state index contributed by atoms with van der Waals surface area (Å²) in [5, 5.41) is 5.12. The molecule has 0 radical (unpaired) electrons. The molecule has 7 nitrogen and oxygen atoms in total. The summed E-state index contributed by atoms with van der Waals surface area (Å²) in [7, 11) is -3.65. The molecule has 2 aliphatic heterocycles. The molecule has 24 heavy (non-hydrogen) atoms. The van der Waals surface area contributed by atoms with Crippen molar-refractivity contribution in [3.05, 3.63) is 35.9 Å². The Morgan fingerprint density at radius 3 is 2.38 bits per heavy atom. The molecular weight excluding hydrogens is 328 g/mol. The van der Waals surface area contributed by atoms with Crippen molar-refractivity contribution in [2.45, 2.75) is 12.3 Å². The van der Waals surface area contributed by atoms with Gasteiger partial charge in [-0.2, -0.15) is 12.7 Å². The third-order valence-electron chi connectivity index (χ3n) is 4.85. The van der Waals surface area contributed by atoms with Gasteiger partial charge in [0.2, 0.25) is 5.91 Å². The Kier molecular flexibility index (Phi) is 5.19. The van der Waals surface area contributed by atoms with Gasteiger partial charge in [0.15, 0.2) is 0 Å². The average Bonchev–Trinajstić information content (AvgIpc) is 3.03. The molecule has 2 aliphatic rings. The molecule has 2 heterocycles. The number of rotatable bonds is 4. The van der Waals surface area contributed by atoms with Gasteiger partial charge >= 0.3 is 0 Å². The van der Waals surface area contributed by atoms with Crippen LogP contribution in [0.2, 0.25) is 0 Å². The summed E-state index contributed by atoms with van der Waals surface area (Å²) in [5.41, 5.74) is 1.33. The molecule has 2 fully saturated rings. The Morgan fingerprint density at radius 2 is 1.75 bits per heavy atom. The van der Waals surface area contributed by atoms with Crippen molar-refractivity contribution in [3.8, 4) is 0 Å². The molecule has 1 aromatic carbocycles. The first kappa shape index (κ1) is 17.3. The molecule has 1 amide bonds. The van der Waals surface area contributed by atoms with E-state index >= 15 is 0 Å². The number of hydrogen-bond donors (Lipinski definition) is 1. The van der Waals surface area contributed by atoms with Crippen LogP contribution in [-0.2, 0) is 15.0 Å². The van der Waals surface area contributed by atoms with Crippen LogP contribution >= 0.6 is 0 Å². The lowest BCUT2D eigenvalue weighted by Gasteiger charge is -2.33. The fourth-order valence-corrected chi connectivity index (χ4v) is 4.13. The van der Waals surface area contributed by atoms with Crippen molar-refractivity contribution in [1.82, 2.24) is 14.1 Å². The van der Waals surface area contributed by atoms with Crippen LogP contribution in [0.5, 0.6) is 0 Å². The van der Waals surface area contributed by atoms with Gasteiger partial charge in [0, 0.05) is 32.7 Å². The molecule has 2 N–H and O–H groups in total. The van der Waals surface area contributed by atoms with Crippen LogP contribution in [0.4, 0.5) is 0 Å². The quantitative estimate of drug-likeness (QED) is 0.815. The highest BCUT2D eigenvalue weighted by molar-refractivity contribution is 7.86. The van der Waals surface area contributed by atoms with Gasteiger partial charge in [-0.1, -0.05) is 30.3 Å². The summed E-state index contributed by atoms with van der Waals surface area (Å²) >= 11 is 0. The minimum atomic E-state index is -3.65. The summed E-state index contributed by atoms with van der Waals surface area (Å²) in [5.74, 6) is 0.552. The number of nitrogens with two attached hydrogens (primary N) is 1. The summed E-state index contributed by atoms with van der Waals surface area (Å²) in [4.78, 5) is 16.4. The summed E-state index contributed by atoms with van der Waals surface area (Å²) in [6, 6.07) is 10.4. The number of likely N-dealkylation sites (tertiary alicyclic amines) is 1. The highest BCUT2D eigenvalue weighted by atomic mass is 32.2. The Balaban J connectivity index is 1.48. The van der Waals surface area contributed by atoms with Crippen molar-refractivity contribution in [3.63, 3.8) is 0 Å². The Hall–Kier alpha value is -1.48. The predicted octanol–water partition coefficient (Wildman–Crippen LogP) is -0.176. The maximum absolute atomic E-state index is 12.4. The monoisotopic (exact) mass is 352 g/mol. The van der Waals surface area contributed by atoms with E-state index in [2.05, 4.69) is 17.0 Å². The van der Waals surface area contributed by atoms with Crippen LogP contribution in [0.1, 0.15) is 17.9 Å². The van der Waals surface area contributed by atoms with Gasteiger partial charge in [0.25, 0.3) is 10.2 Å². The average molecular weight is 352 g/mol. The maximum atomic E-state index is 12.4. The fourth-order valence-electron chi connectivity index (χ4n) is 3.46. The summed E-state index contributed by atoms with van der Waals surface area (Å²) in [6.07, 6.45) is 1.07. The van der Waals surface area contributed by atoms with Crippen LogP contribution < -0.4 is 5.14 Å². The number of carbonyl (C=O) groups excluding carboxylic acids is 1. The van der Waals surface area contributed by atoms with Crippen LogP contribution in [0, 0.1) is 0 Å². The van der Waals surface area contributed by atoms with Crippen molar-refractivity contribution < 1.29 is 13.2 Å². The normalized spacial score (nSPS) is 23.5. The molecular formula is C16H24N4O3S. The molecule has 0 spiro atoms. The number of piperazine rings is 1. The van der Waals surface area contributed by atoms with E-state index in [1.807, 2.05) is 18.2 Å². The number of benzene rings is 1. The number of amides is 1. The lowest BCUT2D eigenvalue weighted by Crippen LogP contribution is -2.53. The van der Waals surface area contributed by atoms with Gasteiger partial charge < -0.3 is 4.90 Å². The Labute approximate surface area is 143 Å². The summed E-state index contributed by atoms with van der Waals surface area (Å²) in [6.45, 7) is 3.58. The van der Waals surface area contributed by atoms with Gasteiger partial charge in [0.1, 0.15) is 0 Å². The van der Waals surface area contributed by atoms with E-state index in [0.717, 1.165) is 19.5 Å². The molecule has 3 rings (SSSR count). The second-order valence-corrected chi connectivity index (χ2v) is 8.00. The molecule has 1 unspecified atom stereocenters. The Morgan fingerprint density at radius 1 is 1.08 bits per heavy atom. The number of carbonyl (C=O) groups is 1. The van der Waals surface area contributed by atoms with Gasteiger partial charge in [0.05, 0.1) is 6.54 Å². The topological polar surface area (TPSA) is 87.0 Å². The van der Waals surface area contributed by atoms with E-state index in [1.54, 1.807) is 4.90 Å². The second kappa shape index (κ2) is 7.18. The molecule has 8 heteroatoms. The van der Waals surface area contributed by atoms with E-state index in [-0.39, 0.29) is 19.0 Å². The largest absolute Gasteiger partial charge is 0.339 e. The van der Waals surface area contributed by atoms with Crippen LogP contribution in [0.15, 0.2) is 30.3 Å². The van der Waals surface area contributed by atoms with Crippen LogP contribution in [0.3, 0.4) is 0 Å². The molecule has 0 aliphatic carbocycles. The van der Waals surface area contributed by atoms with E-state index in [1.165, 1.54) is 9.87 Å². The van der Waals surface area contributed by atoms with Gasteiger partial charge in [-0.15, -0.1) is 0 Å². The highest BCUT2D eigenvalue weighted by Crippen LogP contribution is 2.26. The number of nitrogens with zero attached hydrogens (tertiary/aromatic N) is 3. The summed E-state index contributed by atoms with van der Waals surface area (Å²) < 4.78 is 23.8. The zero-order valence-electron chi connectivity index (χ0n) is 13.7. The van der Waals surface area contributed by atoms with Crippen molar-refractivity contribution in [1.29, 1.82) is 0 Å². The van der Waals surface area contributed by atoms with Crippen molar-refractivity contribution in [2.75, 3.05) is 45.8 Å². The van der Waals surface area contributed by atoms with E-state index in [4.69, 9.17) is 5.14 Å². The van der Waals surface area contributed by atoms with Crippen molar-refractivity contribution in [2.24, 2.45) is 5.14 Å². The SMILES string of the molecule is NS(=O)(=O)N1CCN(C(=O)CN2CCC(c3ccccc3)C2)CC1. The fraction of sp³-hybridized carbons (Fsp3) is 0.562. The predicted molar refractivity (Wildman–Crippen MR) is 91.5 cm³/mol. The maximum Gasteiger partial charge on any atom is 0.277 e. The van der Waals surface area contributed by atoms with E-state index in [0.29, 0.717) is 25.6 Å². The first-order valence-electron chi connectivity index (χ1n) is 8.26. The zero-order chi connectivity index (χ0) is 17.2. The first-order valence-corrected chi connectivity index (χ1v) is 9.77. The standard InChI is InChI=1S/C16H24N4O3S/c17-24(22,23)20-10-8-19(9-11-20)16(21)13-18-7-6-15(12-18)14-4-2-1-3-5-14/h1-5,15H,6-13H2,(H2,17,22,23). The molecule has 2 saturated heterocycles.